The highest BCUT2D eigenvalue weighted by atomic mass is 19.1. The van der Waals surface area contributed by atoms with Gasteiger partial charge in [-0.15, -0.1) is 0 Å². The number of hydrogen-bond donors (Lipinski definition) is 1. The van der Waals surface area contributed by atoms with E-state index in [-0.39, 0.29) is 18.8 Å². The number of benzene rings is 3. The monoisotopic (exact) mass is 468 g/mol. The van der Waals surface area contributed by atoms with Crippen LogP contribution in [0.3, 0.4) is 0 Å². The molecule has 0 radical (unpaired) electrons. The van der Waals surface area contributed by atoms with Crippen LogP contribution >= 0.6 is 0 Å². The summed E-state index contributed by atoms with van der Waals surface area (Å²) >= 11 is 0. The van der Waals surface area contributed by atoms with Gasteiger partial charge in [0.05, 0.1) is 12.2 Å². The number of fused-ring (bicyclic) bond motifs is 1. The Bertz CT molecular complexity index is 1170. The summed E-state index contributed by atoms with van der Waals surface area (Å²) in [5.74, 6) is -2.66. The molecular formula is C25H22F2N2O5. The highest BCUT2D eigenvalue weighted by Gasteiger charge is 2.27. The summed E-state index contributed by atoms with van der Waals surface area (Å²) in [6.45, 7) is 0.464. The molecule has 1 amide bonds. The summed E-state index contributed by atoms with van der Waals surface area (Å²) in [5.41, 5.74) is 0.524. The molecule has 4 rings (SSSR count). The van der Waals surface area contributed by atoms with Crippen LogP contribution in [0.4, 0.5) is 20.2 Å². The number of carboxylic acids is 1. The Labute approximate surface area is 194 Å². The van der Waals surface area contributed by atoms with E-state index in [1.165, 1.54) is 6.07 Å². The van der Waals surface area contributed by atoms with E-state index in [1.807, 2.05) is 4.90 Å². The largest absolute Gasteiger partial charge is 0.486 e. The zero-order chi connectivity index (χ0) is 24.1. The number of ether oxygens (including phenoxy) is 2. The molecule has 0 saturated heterocycles. The molecular weight excluding hydrogens is 446 g/mol. The molecule has 3 aromatic rings. The van der Waals surface area contributed by atoms with Crippen molar-refractivity contribution in [2.75, 3.05) is 42.6 Å². The van der Waals surface area contributed by atoms with Gasteiger partial charge >= 0.3 is 5.97 Å². The van der Waals surface area contributed by atoms with Crippen LogP contribution in [-0.2, 0) is 4.79 Å². The fourth-order valence-corrected chi connectivity index (χ4v) is 3.78. The molecule has 0 aromatic heterocycles. The number of rotatable bonds is 8. The average molecular weight is 468 g/mol. The molecule has 0 fully saturated rings. The third-order valence-electron chi connectivity index (χ3n) is 5.32. The van der Waals surface area contributed by atoms with Crippen LogP contribution in [0.5, 0.6) is 11.5 Å². The quantitative estimate of drug-likeness (QED) is 0.539. The number of para-hydroxylation sites is 2. The molecule has 34 heavy (non-hydrogen) atoms. The molecule has 1 heterocycles. The summed E-state index contributed by atoms with van der Waals surface area (Å²) in [4.78, 5) is 27.1. The molecule has 7 nitrogen and oxygen atoms in total. The smallest absolute Gasteiger partial charge is 0.341 e. The first kappa shape index (κ1) is 23.0. The number of aliphatic carboxylic acids is 1. The lowest BCUT2D eigenvalue weighted by Gasteiger charge is -2.34. The van der Waals surface area contributed by atoms with Gasteiger partial charge in [-0.2, -0.15) is 0 Å². The molecule has 0 bridgehead atoms. The van der Waals surface area contributed by atoms with E-state index in [0.717, 1.165) is 17.0 Å². The Morgan fingerprint density at radius 3 is 2.41 bits per heavy atom. The van der Waals surface area contributed by atoms with Crippen LogP contribution in [0.1, 0.15) is 10.4 Å². The number of carboxylic acid groups (broad SMARTS) is 1. The molecule has 176 valence electrons. The maximum absolute atomic E-state index is 14.7. The van der Waals surface area contributed by atoms with Gasteiger partial charge in [-0.3, -0.25) is 4.79 Å². The van der Waals surface area contributed by atoms with Crippen LogP contribution in [0.15, 0.2) is 66.7 Å². The van der Waals surface area contributed by atoms with Crippen molar-refractivity contribution in [1.82, 2.24) is 0 Å². The van der Waals surface area contributed by atoms with Crippen LogP contribution in [0.25, 0.3) is 0 Å². The molecule has 0 unspecified atom stereocenters. The highest BCUT2D eigenvalue weighted by Crippen LogP contribution is 2.40. The summed E-state index contributed by atoms with van der Waals surface area (Å²) in [5, 5.41) is 8.90. The molecule has 1 aliphatic rings. The minimum absolute atomic E-state index is 0.00870. The van der Waals surface area contributed by atoms with Gasteiger partial charge in [-0.1, -0.05) is 30.3 Å². The number of carbonyl (C=O) groups excluding carboxylic acids is 1. The van der Waals surface area contributed by atoms with Crippen LogP contribution in [-0.4, -0.2) is 49.8 Å². The third-order valence-corrected chi connectivity index (χ3v) is 5.32. The summed E-state index contributed by atoms with van der Waals surface area (Å²) in [6.07, 6.45) is 0. The van der Waals surface area contributed by atoms with Crippen LogP contribution in [0.2, 0.25) is 0 Å². The number of anilines is 2. The predicted octanol–water partition coefficient (Wildman–Crippen LogP) is 3.97. The number of amides is 1. The molecule has 3 aromatic carbocycles. The Morgan fingerprint density at radius 2 is 1.71 bits per heavy atom. The standard InChI is InChI=1S/C25H22F2N2O5/c26-18-8-4-9-19(27)23(18)29(25(32)17-6-2-1-3-7-17)13-12-28-14-15-33-24-20(28)10-5-11-21(24)34-16-22(30)31/h1-11H,12-16H2,(H,30,31). The van der Waals surface area contributed by atoms with Gasteiger partial charge < -0.3 is 24.4 Å². The predicted molar refractivity (Wildman–Crippen MR) is 122 cm³/mol. The van der Waals surface area contributed by atoms with E-state index >= 15 is 0 Å². The Hall–Kier alpha value is -4.14. The second kappa shape index (κ2) is 10.2. The van der Waals surface area contributed by atoms with Gasteiger partial charge in [0.25, 0.3) is 5.91 Å². The molecule has 9 heteroatoms. The van der Waals surface area contributed by atoms with Gasteiger partial charge in [0.2, 0.25) is 0 Å². The van der Waals surface area contributed by atoms with Gasteiger partial charge in [0, 0.05) is 18.7 Å². The van der Waals surface area contributed by atoms with E-state index in [0.29, 0.717) is 30.2 Å². The lowest BCUT2D eigenvalue weighted by molar-refractivity contribution is -0.139. The maximum atomic E-state index is 14.7. The molecule has 1 N–H and O–H groups in total. The van der Waals surface area contributed by atoms with E-state index in [9.17, 15) is 18.4 Å². The van der Waals surface area contributed by atoms with Crippen LogP contribution in [0, 0.1) is 11.6 Å². The van der Waals surface area contributed by atoms with Crippen molar-refractivity contribution in [2.45, 2.75) is 0 Å². The number of halogens is 2. The topological polar surface area (TPSA) is 79.3 Å². The van der Waals surface area contributed by atoms with E-state index < -0.39 is 35.8 Å². The van der Waals surface area contributed by atoms with E-state index in [2.05, 4.69) is 0 Å². The van der Waals surface area contributed by atoms with E-state index in [1.54, 1.807) is 48.5 Å². The zero-order valence-corrected chi connectivity index (χ0v) is 18.1. The molecule has 0 spiro atoms. The second-order valence-electron chi connectivity index (χ2n) is 7.52. The molecule has 0 atom stereocenters. The highest BCUT2D eigenvalue weighted by molar-refractivity contribution is 6.06. The Kier molecular flexibility index (Phi) is 6.91. The third kappa shape index (κ3) is 4.93. The fraction of sp³-hybridized carbons (Fsp3) is 0.200. The van der Waals surface area contributed by atoms with Crippen molar-refractivity contribution in [1.29, 1.82) is 0 Å². The number of carbonyl (C=O) groups is 2. The lowest BCUT2D eigenvalue weighted by atomic mass is 10.1. The first-order chi connectivity index (χ1) is 16.5. The van der Waals surface area contributed by atoms with Gasteiger partial charge in [-0.05, 0) is 36.4 Å². The van der Waals surface area contributed by atoms with Crippen molar-refractivity contribution >= 4 is 23.3 Å². The zero-order valence-electron chi connectivity index (χ0n) is 18.1. The maximum Gasteiger partial charge on any atom is 0.341 e. The fourth-order valence-electron chi connectivity index (χ4n) is 3.78. The first-order valence-electron chi connectivity index (χ1n) is 10.6. The van der Waals surface area contributed by atoms with Gasteiger partial charge in [0.15, 0.2) is 18.1 Å². The van der Waals surface area contributed by atoms with Gasteiger partial charge in [0.1, 0.15) is 23.9 Å². The number of hydrogen-bond acceptors (Lipinski definition) is 5. The molecule has 1 aliphatic heterocycles. The van der Waals surface area contributed by atoms with Crippen molar-refractivity contribution < 1.29 is 33.0 Å². The normalized spacial score (nSPS) is 12.5. The van der Waals surface area contributed by atoms with Crippen molar-refractivity contribution in [2.24, 2.45) is 0 Å². The minimum atomic E-state index is -1.12. The number of nitrogens with zero attached hydrogens (tertiary/aromatic N) is 2. The molecule has 0 aliphatic carbocycles. The van der Waals surface area contributed by atoms with Crippen molar-refractivity contribution in [3.8, 4) is 11.5 Å². The SMILES string of the molecule is O=C(O)COc1cccc2c1OCCN2CCN(C(=O)c1ccccc1)c1c(F)cccc1F. The minimum Gasteiger partial charge on any atom is -0.486 e. The summed E-state index contributed by atoms with van der Waals surface area (Å²) in [7, 11) is 0. The van der Waals surface area contributed by atoms with Crippen molar-refractivity contribution in [3.05, 3.63) is 83.9 Å². The van der Waals surface area contributed by atoms with E-state index in [4.69, 9.17) is 14.6 Å². The van der Waals surface area contributed by atoms with Crippen LogP contribution < -0.4 is 19.3 Å². The average Bonchev–Trinajstić information content (AvgIpc) is 2.84. The van der Waals surface area contributed by atoms with Crippen molar-refractivity contribution in [3.63, 3.8) is 0 Å². The summed E-state index contributed by atoms with van der Waals surface area (Å²) in [6, 6.07) is 16.8. The summed E-state index contributed by atoms with van der Waals surface area (Å²) < 4.78 is 40.3. The van der Waals surface area contributed by atoms with Gasteiger partial charge in [-0.25, -0.2) is 13.6 Å². The lowest BCUT2D eigenvalue weighted by Crippen LogP contribution is -2.42. The first-order valence-corrected chi connectivity index (χ1v) is 10.6. The molecule has 0 saturated carbocycles. The Balaban J connectivity index is 1.61. The second-order valence-corrected chi connectivity index (χ2v) is 7.52. The Morgan fingerprint density at radius 1 is 1.00 bits per heavy atom.